The highest BCUT2D eigenvalue weighted by molar-refractivity contribution is 5.53. The first-order valence-corrected chi connectivity index (χ1v) is 10.1. The van der Waals surface area contributed by atoms with Gasteiger partial charge >= 0.3 is 0 Å². The Morgan fingerprint density at radius 1 is 1.29 bits per heavy atom. The summed E-state index contributed by atoms with van der Waals surface area (Å²) >= 11 is 0. The van der Waals surface area contributed by atoms with E-state index < -0.39 is 0 Å². The minimum Gasteiger partial charge on any atom is -0.349 e. The molecule has 7 heteroatoms. The van der Waals surface area contributed by atoms with E-state index in [9.17, 15) is 4.39 Å². The third-order valence-corrected chi connectivity index (χ3v) is 5.02. The fourth-order valence-corrected chi connectivity index (χ4v) is 3.75. The van der Waals surface area contributed by atoms with E-state index in [0.717, 1.165) is 60.5 Å². The molecule has 0 saturated carbocycles. The Kier molecular flexibility index (Phi) is 6.57. The predicted molar refractivity (Wildman–Crippen MR) is 110 cm³/mol. The predicted octanol–water partition coefficient (Wildman–Crippen LogP) is 3.83. The normalized spacial score (nSPS) is 16.3. The summed E-state index contributed by atoms with van der Waals surface area (Å²) in [7, 11) is 0. The number of fused-ring (bicyclic) bond motifs is 1. The monoisotopic (exact) mass is 384 g/mol. The van der Waals surface area contributed by atoms with Crippen LogP contribution in [0, 0.1) is 12.7 Å². The van der Waals surface area contributed by atoms with Crippen LogP contribution >= 0.6 is 0 Å². The van der Waals surface area contributed by atoms with Gasteiger partial charge in [0.05, 0.1) is 18.4 Å². The van der Waals surface area contributed by atoms with E-state index in [1.54, 1.807) is 10.6 Å². The molecule has 1 aliphatic heterocycles. The summed E-state index contributed by atoms with van der Waals surface area (Å²) in [6, 6.07) is 3.69. The van der Waals surface area contributed by atoms with Gasteiger partial charge in [-0.1, -0.05) is 13.8 Å². The van der Waals surface area contributed by atoms with Gasteiger partial charge in [-0.2, -0.15) is 5.10 Å². The van der Waals surface area contributed by atoms with E-state index >= 15 is 0 Å². The van der Waals surface area contributed by atoms with Crippen LogP contribution in [0.1, 0.15) is 56.0 Å². The summed E-state index contributed by atoms with van der Waals surface area (Å²) in [5, 5.41) is 4.29. The first-order valence-electron chi connectivity index (χ1n) is 10.1. The van der Waals surface area contributed by atoms with Crippen molar-refractivity contribution in [3.05, 3.63) is 53.4 Å². The van der Waals surface area contributed by atoms with Gasteiger partial charge in [-0.05, 0) is 56.8 Å². The number of hydrogen-bond acceptors (Lipinski definition) is 5. The van der Waals surface area contributed by atoms with E-state index in [1.807, 2.05) is 39.2 Å². The summed E-state index contributed by atoms with van der Waals surface area (Å²) in [6.45, 7) is 7.50. The average molecular weight is 385 g/mol. The van der Waals surface area contributed by atoms with Crippen LogP contribution in [0.2, 0.25) is 0 Å². The Bertz CT molecular complexity index is 922. The van der Waals surface area contributed by atoms with Gasteiger partial charge in [0, 0.05) is 24.0 Å². The molecule has 1 aliphatic rings. The molecule has 4 heterocycles. The minimum atomic E-state index is -0.293. The molecule has 1 atom stereocenters. The van der Waals surface area contributed by atoms with Gasteiger partial charge in [-0.25, -0.2) is 13.9 Å². The fraction of sp³-hybridized carbons (Fsp3) is 0.476. The van der Waals surface area contributed by atoms with E-state index in [-0.39, 0.29) is 11.9 Å². The summed E-state index contributed by atoms with van der Waals surface area (Å²) in [4.78, 5) is 11.4. The van der Waals surface area contributed by atoms with Crippen LogP contribution in [-0.2, 0) is 6.42 Å². The van der Waals surface area contributed by atoms with Gasteiger partial charge in [0.2, 0.25) is 0 Å². The number of aromatic nitrogens is 4. The van der Waals surface area contributed by atoms with Crippen molar-refractivity contribution in [3.8, 4) is 0 Å². The molecule has 4 rings (SSSR count). The Labute approximate surface area is 165 Å². The molecule has 3 aromatic heterocycles. The lowest BCUT2D eigenvalue weighted by atomic mass is 10.00. The highest BCUT2D eigenvalue weighted by Crippen LogP contribution is 2.37. The van der Waals surface area contributed by atoms with E-state index in [1.165, 1.54) is 6.20 Å². The lowest BCUT2D eigenvalue weighted by molar-refractivity contribution is 0.602. The van der Waals surface area contributed by atoms with Crippen LogP contribution < -0.4 is 10.6 Å². The zero-order valence-electron chi connectivity index (χ0n) is 16.9. The van der Waals surface area contributed by atoms with Crippen molar-refractivity contribution >= 4 is 11.5 Å². The smallest absolute Gasteiger partial charge is 0.160 e. The van der Waals surface area contributed by atoms with Crippen LogP contribution in [0.3, 0.4) is 0 Å². The van der Waals surface area contributed by atoms with Crippen molar-refractivity contribution in [2.45, 2.75) is 52.5 Å². The van der Waals surface area contributed by atoms with Gasteiger partial charge in [-0.15, -0.1) is 0 Å². The molecule has 2 N–H and O–H groups in total. The van der Waals surface area contributed by atoms with Crippen LogP contribution in [0.5, 0.6) is 0 Å². The number of anilines is 1. The fourth-order valence-electron chi connectivity index (χ4n) is 3.75. The second kappa shape index (κ2) is 9.10. The summed E-state index contributed by atoms with van der Waals surface area (Å²) in [5.41, 5.74) is 9.45. The summed E-state index contributed by atoms with van der Waals surface area (Å²) in [6.07, 6.45) is 8.67. The Morgan fingerprint density at radius 3 is 2.89 bits per heavy atom. The number of pyridine rings is 1. The van der Waals surface area contributed by atoms with Crippen LogP contribution in [-0.4, -0.2) is 32.7 Å². The maximum atomic E-state index is 13.9. The quantitative estimate of drug-likeness (QED) is 0.724. The first kappa shape index (κ1) is 20.2. The first-order chi connectivity index (χ1) is 13.7. The molecular weight excluding hydrogens is 355 g/mol. The van der Waals surface area contributed by atoms with Gasteiger partial charge in [0.25, 0.3) is 0 Å². The number of aryl methyl sites for hydroxylation is 2. The second-order valence-electron chi connectivity index (χ2n) is 6.81. The third kappa shape index (κ3) is 3.99. The van der Waals surface area contributed by atoms with Crippen molar-refractivity contribution in [1.29, 1.82) is 0 Å². The number of halogens is 1. The lowest BCUT2D eigenvalue weighted by Crippen LogP contribution is -2.25. The largest absolute Gasteiger partial charge is 0.349 e. The molecule has 1 fully saturated rings. The van der Waals surface area contributed by atoms with Crippen LogP contribution in [0.15, 0.2) is 30.7 Å². The number of rotatable bonds is 5. The number of nitrogens with two attached hydrogens (primary N) is 1. The van der Waals surface area contributed by atoms with Crippen molar-refractivity contribution in [2.24, 2.45) is 5.73 Å². The topological polar surface area (TPSA) is 72.3 Å². The van der Waals surface area contributed by atoms with Crippen molar-refractivity contribution in [3.63, 3.8) is 0 Å². The van der Waals surface area contributed by atoms with E-state index in [2.05, 4.69) is 15.0 Å². The van der Waals surface area contributed by atoms with Gasteiger partial charge < -0.3 is 10.6 Å². The van der Waals surface area contributed by atoms with Crippen molar-refractivity contribution < 1.29 is 4.39 Å². The van der Waals surface area contributed by atoms with Crippen LogP contribution in [0.4, 0.5) is 10.2 Å². The maximum absolute atomic E-state index is 13.9. The summed E-state index contributed by atoms with van der Waals surface area (Å²) < 4.78 is 15.7. The molecule has 0 aliphatic carbocycles. The van der Waals surface area contributed by atoms with E-state index in [0.29, 0.717) is 6.54 Å². The van der Waals surface area contributed by atoms with Gasteiger partial charge in [0.1, 0.15) is 11.6 Å². The van der Waals surface area contributed by atoms with E-state index in [4.69, 9.17) is 10.7 Å². The Morgan fingerprint density at radius 2 is 2.11 bits per heavy atom. The average Bonchev–Trinajstić information content (AvgIpc) is 3.35. The molecule has 1 saturated heterocycles. The van der Waals surface area contributed by atoms with Crippen LogP contribution in [0.25, 0.3) is 5.65 Å². The molecular formula is C21H29FN6. The van der Waals surface area contributed by atoms with Gasteiger partial charge in [-0.3, -0.25) is 4.98 Å². The SMILES string of the molecule is CC.Cc1cnn2ccc(N3CCCC3c3cc(F)cnc3CCCN)nc12. The zero-order valence-corrected chi connectivity index (χ0v) is 16.9. The molecule has 1 unspecified atom stereocenters. The molecule has 0 amide bonds. The molecule has 3 aromatic rings. The molecule has 0 spiro atoms. The molecule has 0 radical (unpaired) electrons. The Hall–Kier alpha value is -2.54. The highest BCUT2D eigenvalue weighted by atomic mass is 19.1. The molecule has 28 heavy (non-hydrogen) atoms. The third-order valence-electron chi connectivity index (χ3n) is 5.02. The molecule has 0 bridgehead atoms. The molecule has 6 nitrogen and oxygen atoms in total. The van der Waals surface area contributed by atoms with Gasteiger partial charge in [0.15, 0.2) is 5.65 Å². The zero-order chi connectivity index (χ0) is 20.1. The minimum absolute atomic E-state index is 0.0872. The maximum Gasteiger partial charge on any atom is 0.160 e. The number of nitrogens with zero attached hydrogens (tertiary/aromatic N) is 5. The van der Waals surface area contributed by atoms with Crippen molar-refractivity contribution in [2.75, 3.05) is 18.0 Å². The standard InChI is InChI=1S/C19H23FN6.C2H6/c1-13-11-23-26-9-6-18(24-19(13)26)25-8-3-5-17(25)15-10-14(20)12-22-16(15)4-2-7-21;1-2/h6,9-12,17H,2-5,7-8,21H2,1H3;1-2H3. The Balaban J connectivity index is 0.00000109. The van der Waals surface area contributed by atoms with Crippen molar-refractivity contribution in [1.82, 2.24) is 19.6 Å². The number of hydrogen-bond donors (Lipinski definition) is 1. The lowest BCUT2D eigenvalue weighted by Gasteiger charge is -2.27. The summed E-state index contributed by atoms with van der Waals surface area (Å²) in [5.74, 6) is 0.607. The second-order valence-corrected chi connectivity index (χ2v) is 6.81. The highest BCUT2D eigenvalue weighted by Gasteiger charge is 2.30. The molecule has 0 aromatic carbocycles. The molecule has 150 valence electrons.